The van der Waals surface area contributed by atoms with Crippen molar-refractivity contribution in [3.63, 3.8) is 0 Å². The van der Waals surface area contributed by atoms with Crippen molar-refractivity contribution in [3.8, 4) is 11.5 Å². The van der Waals surface area contributed by atoms with Gasteiger partial charge in [0.25, 0.3) is 0 Å². The molecule has 0 unspecified atom stereocenters. The molecule has 1 atom stereocenters. The monoisotopic (exact) mass is 271 g/mol. The van der Waals surface area contributed by atoms with E-state index in [0.717, 1.165) is 25.0 Å². The summed E-state index contributed by atoms with van der Waals surface area (Å²) < 4.78 is 10.9. The van der Waals surface area contributed by atoms with Crippen LogP contribution in [0.2, 0.25) is 0 Å². The van der Waals surface area contributed by atoms with Crippen LogP contribution < -0.4 is 5.32 Å². The zero-order valence-corrected chi connectivity index (χ0v) is 11.2. The van der Waals surface area contributed by atoms with Crippen LogP contribution in [0.3, 0.4) is 0 Å². The van der Waals surface area contributed by atoms with E-state index in [1.54, 1.807) is 6.26 Å². The fourth-order valence-electron chi connectivity index (χ4n) is 2.37. The van der Waals surface area contributed by atoms with Crippen molar-refractivity contribution in [2.75, 3.05) is 0 Å². The van der Waals surface area contributed by atoms with Gasteiger partial charge >= 0.3 is 0 Å². The van der Waals surface area contributed by atoms with E-state index in [1.807, 2.05) is 24.3 Å². The number of hydrogen-bond acceptors (Lipinski definition) is 3. The summed E-state index contributed by atoms with van der Waals surface area (Å²) in [4.78, 5) is 12.0. The number of furan rings is 2. The van der Waals surface area contributed by atoms with Gasteiger partial charge in [-0.25, -0.2) is 0 Å². The van der Waals surface area contributed by atoms with Crippen molar-refractivity contribution in [1.82, 2.24) is 5.32 Å². The molecule has 0 aliphatic heterocycles. The van der Waals surface area contributed by atoms with E-state index < -0.39 is 0 Å². The van der Waals surface area contributed by atoms with Crippen LogP contribution in [0.15, 0.2) is 51.5 Å². The number of rotatable bonds is 4. The number of carbonyl (C=O) groups is 1. The Morgan fingerprint density at radius 2 is 2.20 bits per heavy atom. The molecule has 0 radical (unpaired) electrons. The number of carbonyl (C=O) groups excluding carboxylic acids is 1. The first-order valence-electron chi connectivity index (χ1n) is 6.88. The summed E-state index contributed by atoms with van der Waals surface area (Å²) >= 11 is 0. The van der Waals surface area contributed by atoms with E-state index in [-0.39, 0.29) is 11.8 Å². The smallest absolute Gasteiger partial charge is 0.223 e. The van der Waals surface area contributed by atoms with E-state index >= 15 is 0 Å². The van der Waals surface area contributed by atoms with Gasteiger partial charge in [0.05, 0.1) is 12.8 Å². The maximum absolute atomic E-state index is 12.0. The van der Waals surface area contributed by atoms with E-state index in [2.05, 4.69) is 17.5 Å². The summed E-state index contributed by atoms with van der Waals surface area (Å²) in [6.07, 6.45) is 8.57. The second kappa shape index (κ2) is 5.82. The minimum Gasteiger partial charge on any atom is -0.461 e. The van der Waals surface area contributed by atoms with Crippen LogP contribution >= 0.6 is 0 Å². The topological polar surface area (TPSA) is 55.4 Å². The number of hydrogen-bond donors (Lipinski definition) is 1. The fraction of sp³-hybridized carbons (Fsp3) is 0.312. The lowest BCUT2D eigenvalue weighted by Crippen LogP contribution is -2.30. The minimum atomic E-state index is 0.0968. The second-order valence-corrected chi connectivity index (χ2v) is 4.94. The normalized spacial score (nSPS) is 18.1. The van der Waals surface area contributed by atoms with Gasteiger partial charge in [-0.05, 0) is 43.5 Å². The zero-order valence-electron chi connectivity index (χ0n) is 11.2. The molecule has 104 valence electrons. The first-order valence-corrected chi connectivity index (χ1v) is 6.88. The van der Waals surface area contributed by atoms with Gasteiger partial charge in [0.1, 0.15) is 5.76 Å². The molecular formula is C16H17NO3. The predicted octanol–water partition coefficient (Wildman–Crippen LogP) is 3.51. The van der Waals surface area contributed by atoms with Crippen LogP contribution in [0.25, 0.3) is 11.5 Å². The van der Waals surface area contributed by atoms with Gasteiger partial charge in [-0.2, -0.15) is 0 Å². The van der Waals surface area contributed by atoms with Crippen LogP contribution in [0, 0.1) is 5.92 Å². The molecule has 0 aromatic carbocycles. The Morgan fingerprint density at radius 1 is 1.25 bits per heavy atom. The first-order chi connectivity index (χ1) is 9.83. The fourth-order valence-corrected chi connectivity index (χ4v) is 2.37. The largest absolute Gasteiger partial charge is 0.461 e. The van der Waals surface area contributed by atoms with Crippen LogP contribution in [0.4, 0.5) is 0 Å². The Kier molecular flexibility index (Phi) is 3.72. The standard InChI is InChI=1S/C16H17NO3/c18-16(12-5-2-1-3-6-12)17-11-13-8-9-15(20-13)14-7-4-10-19-14/h1-2,4,7-10,12H,3,5-6,11H2,(H,17,18)/t12-/m1/s1. The molecule has 1 aliphatic rings. The lowest BCUT2D eigenvalue weighted by Gasteiger charge is -2.16. The van der Waals surface area contributed by atoms with Crippen LogP contribution in [0.1, 0.15) is 25.0 Å². The molecule has 0 saturated carbocycles. The van der Waals surface area contributed by atoms with Crippen LogP contribution in [0.5, 0.6) is 0 Å². The summed E-state index contributed by atoms with van der Waals surface area (Å²) in [5.41, 5.74) is 0. The number of allylic oxidation sites excluding steroid dienone is 2. The minimum absolute atomic E-state index is 0.0968. The van der Waals surface area contributed by atoms with Crippen molar-refractivity contribution in [2.45, 2.75) is 25.8 Å². The quantitative estimate of drug-likeness (QED) is 0.866. The summed E-state index contributed by atoms with van der Waals surface area (Å²) in [6.45, 7) is 0.416. The molecule has 20 heavy (non-hydrogen) atoms. The maximum atomic E-state index is 12.0. The molecule has 1 aliphatic carbocycles. The molecule has 3 rings (SSSR count). The highest BCUT2D eigenvalue weighted by Crippen LogP contribution is 2.23. The van der Waals surface area contributed by atoms with Crippen molar-refractivity contribution < 1.29 is 13.6 Å². The van der Waals surface area contributed by atoms with E-state index in [0.29, 0.717) is 18.1 Å². The average Bonchev–Trinajstić information content (AvgIpc) is 3.16. The molecule has 4 nitrogen and oxygen atoms in total. The summed E-state index contributed by atoms with van der Waals surface area (Å²) in [5, 5.41) is 2.93. The molecule has 0 fully saturated rings. The maximum Gasteiger partial charge on any atom is 0.223 e. The summed E-state index contributed by atoms with van der Waals surface area (Å²) in [6, 6.07) is 7.37. The highest BCUT2D eigenvalue weighted by molar-refractivity contribution is 5.78. The lowest BCUT2D eigenvalue weighted by atomic mass is 9.94. The highest BCUT2D eigenvalue weighted by atomic mass is 16.4. The average molecular weight is 271 g/mol. The number of amides is 1. The second-order valence-electron chi connectivity index (χ2n) is 4.94. The molecular weight excluding hydrogens is 254 g/mol. The zero-order chi connectivity index (χ0) is 13.8. The Labute approximate surface area is 117 Å². The van der Waals surface area contributed by atoms with Gasteiger partial charge in [0, 0.05) is 5.92 Å². The predicted molar refractivity (Wildman–Crippen MR) is 74.7 cm³/mol. The first kappa shape index (κ1) is 12.8. The van der Waals surface area contributed by atoms with Crippen molar-refractivity contribution >= 4 is 5.91 Å². The van der Waals surface area contributed by atoms with Crippen LogP contribution in [-0.2, 0) is 11.3 Å². The van der Waals surface area contributed by atoms with Crippen molar-refractivity contribution in [2.24, 2.45) is 5.92 Å². The third-order valence-electron chi connectivity index (χ3n) is 3.50. The Bertz CT molecular complexity index is 595. The summed E-state index contributed by atoms with van der Waals surface area (Å²) in [5.74, 6) is 2.31. The van der Waals surface area contributed by atoms with Crippen molar-refractivity contribution in [3.05, 3.63) is 48.4 Å². The van der Waals surface area contributed by atoms with Gasteiger partial charge in [-0.15, -0.1) is 0 Å². The molecule has 0 bridgehead atoms. The summed E-state index contributed by atoms with van der Waals surface area (Å²) in [7, 11) is 0. The molecule has 1 N–H and O–H groups in total. The Hall–Kier alpha value is -2.23. The molecule has 2 aromatic rings. The SMILES string of the molecule is O=C(NCc1ccc(-c2ccco2)o1)[C@@H]1CC=CCC1. The van der Waals surface area contributed by atoms with E-state index in [1.165, 1.54) is 0 Å². The lowest BCUT2D eigenvalue weighted by molar-refractivity contribution is -0.125. The third kappa shape index (κ3) is 2.85. The molecule has 4 heteroatoms. The molecule has 2 aromatic heterocycles. The third-order valence-corrected chi connectivity index (χ3v) is 3.50. The molecule has 0 spiro atoms. The van der Waals surface area contributed by atoms with E-state index in [9.17, 15) is 4.79 Å². The Morgan fingerprint density at radius 3 is 2.95 bits per heavy atom. The van der Waals surface area contributed by atoms with Crippen molar-refractivity contribution in [1.29, 1.82) is 0 Å². The Balaban J connectivity index is 1.56. The molecule has 2 heterocycles. The van der Waals surface area contributed by atoms with Crippen LogP contribution in [-0.4, -0.2) is 5.91 Å². The molecule has 0 saturated heterocycles. The molecule has 1 amide bonds. The van der Waals surface area contributed by atoms with E-state index in [4.69, 9.17) is 8.83 Å². The van der Waals surface area contributed by atoms with Gasteiger partial charge in [0.15, 0.2) is 11.5 Å². The highest BCUT2D eigenvalue weighted by Gasteiger charge is 2.18. The van der Waals surface area contributed by atoms with Gasteiger partial charge in [0.2, 0.25) is 5.91 Å². The number of nitrogens with one attached hydrogen (secondary N) is 1. The van der Waals surface area contributed by atoms with Gasteiger partial charge < -0.3 is 14.2 Å². The van der Waals surface area contributed by atoms with Gasteiger partial charge in [-0.1, -0.05) is 12.2 Å². The van der Waals surface area contributed by atoms with Gasteiger partial charge in [-0.3, -0.25) is 4.79 Å².